The highest BCUT2D eigenvalue weighted by molar-refractivity contribution is 7.94. The number of azo groups is 1. The molecule has 3 aromatic carbocycles. The summed E-state index contributed by atoms with van der Waals surface area (Å²) in [6.07, 6.45) is -1.58. The fourth-order valence-electron chi connectivity index (χ4n) is 3.82. The molecule has 18 nitrogen and oxygen atoms in total. The van der Waals surface area contributed by atoms with E-state index < -0.39 is 76.6 Å². The zero-order valence-corrected chi connectivity index (χ0v) is 28.7. The van der Waals surface area contributed by atoms with Crippen LogP contribution in [0.3, 0.4) is 0 Å². The third kappa shape index (κ3) is 10.0. The van der Waals surface area contributed by atoms with Crippen LogP contribution in [0.1, 0.15) is 15.9 Å². The molecule has 1 aromatic heterocycles. The number of rotatable bonds is 14. The zero-order valence-electron chi connectivity index (χ0n) is 24.7. The molecule has 6 N–H and O–H groups in total. The number of alkyl halides is 1. The molecule has 25 heteroatoms. The molecule has 1 heterocycles. The Hall–Kier alpha value is -4.59. The van der Waals surface area contributed by atoms with Crippen molar-refractivity contribution in [1.82, 2.24) is 9.97 Å². The van der Waals surface area contributed by atoms with Crippen LogP contribution < -0.4 is 10.7 Å². The average molecular weight is 811 g/mol. The molecular weight excluding hydrogens is 791 g/mol. The minimum atomic E-state index is -5.04. The van der Waals surface area contributed by atoms with Gasteiger partial charge >= 0.3 is 12.0 Å². The lowest BCUT2D eigenvalue weighted by Crippen LogP contribution is -2.09. The highest BCUT2D eigenvalue weighted by atomic mass is 35.5. The molecule has 0 saturated carbocycles. The van der Waals surface area contributed by atoms with Gasteiger partial charge < -0.3 is 15.5 Å². The summed E-state index contributed by atoms with van der Waals surface area (Å²) in [5.41, 5.74) is 0.651. The first-order valence-electron chi connectivity index (χ1n) is 13.2. The number of hydrazone groups is 1. The van der Waals surface area contributed by atoms with E-state index in [0.29, 0.717) is 24.2 Å². The number of anilines is 3. The second-order valence-corrected chi connectivity index (χ2v) is 14.5. The van der Waals surface area contributed by atoms with Crippen molar-refractivity contribution in [2.24, 2.45) is 15.3 Å². The van der Waals surface area contributed by atoms with E-state index in [0.717, 1.165) is 6.07 Å². The number of nitrogens with zero attached hydrogens (tertiary/aromatic N) is 5. The smallest absolute Gasteiger partial charge is 0.337 e. The van der Waals surface area contributed by atoms with Crippen molar-refractivity contribution in [2.45, 2.75) is 14.7 Å². The molecule has 4 rings (SSSR count). The Kier molecular flexibility index (Phi) is 12.8. The fourth-order valence-corrected chi connectivity index (χ4v) is 6.47. The molecule has 51 heavy (non-hydrogen) atoms. The fraction of sp³-hybridized carbons (Fsp3) is 0.0769. The quantitative estimate of drug-likeness (QED) is 0.00750. The highest BCUT2D eigenvalue weighted by Crippen LogP contribution is 2.40. The predicted octanol–water partition coefficient (Wildman–Crippen LogP) is 5.80. The molecule has 0 aliphatic carbocycles. The van der Waals surface area contributed by atoms with Crippen LogP contribution in [0.5, 0.6) is 5.75 Å². The third-order valence-electron chi connectivity index (χ3n) is 6.13. The van der Waals surface area contributed by atoms with Crippen LogP contribution in [0, 0.1) is 12.0 Å². The van der Waals surface area contributed by atoms with Crippen molar-refractivity contribution in [1.29, 1.82) is 0 Å². The first-order valence-corrected chi connectivity index (χ1v) is 18.0. The number of sulfone groups is 1. The highest BCUT2D eigenvalue weighted by Gasteiger charge is 2.21. The maximum atomic E-state index is 13.9. The predicted molar refractivity (Wildman–Crippen MR) is 176 cm³/mol. The molecule has 0 amide bonds. The number of benzene rings is 3. The Morgan fingerprint density at radius 1 is 1.00 bits per heavy atom. The summed E-state index contributed by atoms with van der Waals surface area (Å²) in [4.78, 5) is 17.1. The molecule has 0 bridgehead atoms. The summed E-state index contributed by atoms with van der Waals surface area (Å²) in [6, 6.07) is 9.80. The SMILES string of the molecule is O=C(O)c1ccc(SOOO)cc1NN=C(N=Nc1cc(S(=O)(=O)O)cc(Nc2nc(F)nc(F)c2Cl)c1O)c1ccc(S(=O)(=O)CCCl)cc1. The number of phenols is 1. The van der Waals surface area contributed by atoms with E-state index >= 15 is 0 Å². The normalized spacial score (nSPS) is 12.3. The molecule has 0 radical (unpaired) electrons. The second kappa shape index (κ2) is 16.6. The molecule has 0 spiro atoms. The monoisotopic (exact) mass is 809 g/mol. The van der Waals surface area contributed by atoms with Crippen LogP contribution in [0.25, 0.3) is 0 Å². The maximum Gasteiger partial charge on any atom is 0.337 e. The Bertz CT molecular complexity index is 2250. The number of phenolic OH excluding ortho intramolecular Hbond substituents is 1. The number of hydrogen-bond donors (Lipinski definition) is 6. The summed E-state index contributed by atoms with van der Waals surface area (Å²) in [6.45, 7) is 0. The van der Waals surface area contributed by atoms with Crippen molar-refractivity contribution in [3.8, 4) is 5.75 Å². The van der Waals surface area contributed by atoms with Crippen LogP contribution in [-0.2, 0) is 29.3 Å². The molecule has 0 aliphatic rings. The summed E-state index contributed by atoms with van der Waals surface area (Å²) in [5, 5.41) is 45.7. The van der Waals surface area contributed by atoms with E-state index in [9.17, 15) is 45.2 Å². The number of carbonyl (C=O) groups is 1. The molecule has 0 unspecified atom stereocenters. The Morgan fingerprint density at radius 3 is 2.33 bits per heavy atom. The minimum Gasteiger partial charge on any atom is -0.504 e. The van der Waals surface area contributed by atoms with Crippen LogP contribution in [0.2, 0.25) is 5.02 Å². The standard InChI is InChI=1S/C26H19Cl2F2N7O11S3/c27-7-8-50(42,43)14-4-1-12(2-5-14)23(36-34-17-9-13(49-48-47-41)3-6-16(17)25(39)40)37-35-19-11-15(51(44,45)46)10-18(21(19)38)31-24-20(28)22(29)32-26(30)33-24/h1-6,9-11,34,38,41H,7-8H2,(H,39,40)(H,31,32,33)(H,44,45,46). The van der Waals surface area contributed by atoms with Crippen LogP contribution in [0.15, 0.2) is 84.6 Å². The Balaban J connectivity index is 1.85. The summed E-state index contributed by atoms with van der Waals surface area (Å²) in [5.74, 6) is -5.59. The number of hydrogen-bond acceptors (Lipinski definition) is 16. The van der Waals surface area contributed by atoms with Gasteiger partial charge in [0, 0.05) is 16.3 Å². The summed E-state index contributed by atoms with van der Waals surface area (Å²) in [7, 11) is -8.82. The molecule has 0 saturated heterocycles. The Labute approximate surface area is 299 Å². The number of carboxylic acids is 1. The lowest BCUT2D eigenvalue weighted by Gasteiger charge is -2.12. The van der Waals surface area contributed by atoms with Crippen molar-refractivity contribution in [3.05, 3.63) is 82.8 Å². The van der Waals surface area contributed by atoms with Crippen molar-refractivity contribution in [3.63, 3.8) is 0 Å². The molecule has 0 aliphatic heterocycles. The number of aromatic hydroxyl groups is 1. The number of carboxylic acid groups (broad SMARTS) is 1. The summed E-state index contributed by atoms with van der Waals surface area (Å²) >= 11 is 11.8. The average Bonchev–Trinajstić information content (AvgIpc) is 3.06. The number of amidine groups is 1. The Morgan fingerprint density at radius 2 is 1.71 bits per heavy atom. The van der Waals surface area contributed by atoms with Gasteiger partial charge in [0.15, 0.2) is 21.4 Å². The van der Waals surface area contributed by atoms with E-state index in [4.69, 9.17) is 28.5 Å². The van der Waals surface area contributed by atoms with Gasteiger partial charge in [-0.25, -0.2) is 18.5 Å². The van der Waals surface area contributed by atoms with Crippen LogP contribution >= 0.6 is 35.2 Å². The largest absolute Gasteiger partial charge is 0.504 e. The van der Waals surface area contributed by atoms with Gasteiger partial charge in [-0.3, -0.25) is 9.98 Å². The molecule has 0 fully saturated rings. The lowest BCUT2D eigenvalue weighted by molar-refractivity contribution is -0.432. The molecule has 0 atom stereocenters. The van der Waals surface area contributed by atoms with E-state index in [1.54, 1.807) is 0 Å². The lowest BCUT2D eigenvalue weighted by atomic mass is 10.2. The molecule has 4 aromatic rings. The zero-order chi connectivity index (χ0) is 37.5. The van der Waals surface area contributed by atoms with Gasteiger partial charge in [0.25, 0.3) is 10.1 Å². The van der Waals surface area contributed by atoms with Gasteiger partial charge in [-0.15, -0.1) is 26.2 Å². The topological polar surface area (TPSA) is 272 Å². The van der Waals surface area contributed by atoms with Gasteiger partial charge in [0.1, 0.15) is 10.7 Å². The van der Waals surface area contributed by atoms with Crippen LogP contribution in [0.4, 0.5) is 31.7 Å². The second-order valence-electron chi connectivity index (χ2n) is 9.40. The van der Waals surface area contributed by atoms with E-state index in [2.05, 4.69) is 45.4 Å². The van der Waals surface area contributed by atoms with E-state index in [1.165, 1.54) is 36.4 Å². The van der Waals surface area contributed by atoms with Gasteiger partial charge in [-0.05, 0) is 54.6 Å². The van der Waals surface area contributed by atoms with Gasteiger partial charge in [-0.1, -0.05) is 16.6 Å². The van der Waals surface area contributed by atoms with Gasteiger partial charge in [0.2, 0.25) is 11.8 Å². The maximum absolute atomic E-state index is 13.9. The third-order valence-corrected chi connectivity index (χ3v) is 10.0. The van der Waals surface area contributed by atoms with Crippen molar-refractivity contribution >= 4 is 89.9 Å². The number of aromatic nitrogens is 2. The van der Waals surface area contributed by atoms with E-state index in [1.807, 2.05) is 0 Å². The van der Waals surface area contributed by atoms with Crippen molar-refractivity contribution in [2.75, 3.05) is 22.4 Å². The van der Waals surface area contributed by atoms with E-state index in [-0.39, 0.29) is 38.2 Å². The van der Waals surface area contributed by atoms with Crippen molar-refractivity contribution < 1.29 is 59.8 Å². The minimum absolute atomic E-state index is 0.0259. The van der Waals surface area contributed by atoms with Gasteiger partial charge in [-0.2, -0.15) is 32.3 Å². The summed E-state index contributed by atoms with van der Waals surface area (Å²) < 4.78 is 90.8. The van der Waals surface area contributed by atoms with Gasteiger partial charge in [0.05, 0.1) is 44.5 Å². The first-order chi connectivity index (χ1) is 24.0. The molecule has 270 valence electrons. The number of nitrogens with one attached hydrogen (secondary N) is 2. The number of aromatic carboxylic acids is 1. The first kappa shape index (κ1) is 39.2. The van der Waals surface area contributed by atoms with Crippen LogP contribution in [-0.4, -0.2) is 70.3 Å². The number of halogens is 4. The molecular formula is C26H19Cl2F2N7O11S3.